The third-order valence-corrected chi connectivity index (χ3v) is 2.05. The van der Waals surface area contributed by atoms with Gasteiger partial charge in [-0.15, -0.1) is 0 Å². The van der Waals surface area contributed by atoms with Crippen LogP contribution < -0.4 is 9.47 Å². The topological polar surface area (TPSA) is 18.5 Å². The van der Waals surface area contributed by atoms with Crippen LogP contribution in [0.15, 0.2) is 17.7 Å². The van der Waals surface area contributed by atoms with Crippen molar-refractivity contribution in [2.75, 3.05) is 13.2 Å². The number of fused-ring (bicyclic) bond motifs is 1. The molecule has 1 aliphatic rings. The van der Waals surface area contributed by atoms with Gasteiger partial charge in [-0.05, 0) is 11.9 Å². The van der Waals surface area contributed by atoms with Crippen LogP contribution in [0.5, 0.6) is 11.5 Å². The molecule has 1 aromatic rings. The largest absolute Gasteiger partial charge is 0.486 e. The van der Waals surface area contributed by atoms with E-state index in [0.29, 0.717) is 13.2 Å². The lowest BCUT2D eigenvalue weighted by molar-refractivity contribution is 0.172. The summed E-state index contributed by atoms with van der Waals surface area (Å²) in [5.74, 6) is 5.82. The monoisotopic (exact) mass is 154 g/mol. The summed E-state index contributed by atoms with van der Waals surface area (Å²) in [6.07, 6.45) is 0. The number of hydrogen-bond donors (Lipinski definition) is 0. The summed E-state index contributed by atoms with van der Waals surface area (Å²) >= 11 is 0. The van der Waals surface area contributed by atoms with E-state index in [4.69, 9.17) is 9.47 Å². The fourth-order valence-electron chi connectivity index (χ4n) is 0.898. The van der Waals surface area contributed by atoms with E-state index in [0.717, 1.165) is 11.5 Å². The molecule has 0 saturated carbocycles. The van der Waals surface area contributed by atoms with Crippen molar-refractivity contribution in [1.82, 2.24) is 0 Å². The molecule has 0 bridgehead atoms. The minimum Gasteiger partial charge on any atom is -0.486 e. The molecule has 0 saturated heterocycles. The Hall–Kier alpha value is -0.750. The Balaban J connectivity index is 2.41. The Morgan fingerprint density at radius 1 is 1.20 bits per heavy atom. The summed E-state index contributed by atoms with van der Waals surface area (Å²) in [7, 11) is 1.18. The fourth-order valence-corrected chi connectivity index (χ4v) is 1.54. The van der Waals surface area contributed by atoms with E-state index < -0.39 is 0 Å². The molecule has 0 atom stereocenters. The molecule has 0 unspecified atom stereocenters. The molecule has 0 N–H and O–H groups in total. The molecule has 0 amide bonds. The molecule has 52 valence electrons. The lowest BCUT2D eigenvalue weighted by atomic mass is 10.4. The van der Waals surface area contributed by atoms with E-state index >= 15 is 0 Å². The quantitative estimate of drug-likeness (QED) is 0.569. The van der Waals surface area contributed by atoms with Gasteiger partial charge in [0.25, 0.3) is 0 Å². The highest BCUT2D eigenvalue weighted by molar-refractivity contribution is 7.28. The van der Waals surface area contributed by atoms with Crippen LogP contribution in [0.3, 0.4) is 0 Å². The van der Waals surface area contributed by atoms with Crippen molar-refractivity contribution in [1.29, 1.82) is 0 Å². The Kier molecular flexibility index (Phi) is 1.48. The first-order chi connectivity index (χ1) is 4.97. The van der Waals surface area contributed by atoms with Crippen LogP contribution >= 0.6 is 8.19 Å². The van der Waals surface area contributed by atoms with E-state index in [2.05, 4.69) is 0 Å². The molecular formula is C7H7O2P. The maximum Gasteiger partial charge on any atom is 0.165 e. The molecule has 2 heterocycles. The first kappa shape index (κ1) is 5.99. The van der Waals surface area contributed by atoms with Crippen molar-refractivity contribution in [2.24, 2.45) is 0 Å². The molecule has 2 rings (SSSR count). The minimum atomic E-state index is 0.675. The van der Waals surface area contributed by atoms with Gasteiger partial charge in [0, 0.05) is 5.80 Å². The molecule has 0 aromatic carbocycles. The van der Waals surface area contributed by atoms with Gasteiger partial charge >= 0.3 is 0 Å². The average Bonchev–Trinajstić information content (AvgIpc) is 2.05. The minimum absolute atomic E-state index is 0.675. The van der Waals surface area contributed by atoms with E-state index in [9.17, 15) is 0 Å². The molecule has 0 spiro atoms. The molecule has 1 aliphatic heterocycles. The van der Waals surface area contributed by atoms with Crippen LogP contribution in [0.4, 0.5) is 0 Å². The molecule has 0 fully saturated rings. The molecule has 0 aliphatic carbocycles. The highest BCUT2D eigenvalue weighted by Crippen LogP contribution is 2.31. The summed E-state index contributed by atoms with van der Waals surface area (Å²) in [6, 6.07) is 1.95. The number of rotatable bonds is 0. The van der Waals surface area contributed by atoms with Gasteiger partial charge in [-0.3, -0.25) is 0 Å². The van der Waals surface area contributed by atoms with Crippen LogP contribution in [0.2, 0.25) is 0 Å². The predicted octanol–water partition coefficient (Wildman–Crippen LogP) is 2.04. The van der Waals surface area contributed by atoms with Crippen LogP contribution in [-0.2, 0) is 0 Å². The summed E-state index contributed by atoms with van der Waals surface area (Å²) < 4.78 is 10.6. The zero-order valence-corrected chi connectivity index (χ0v) is 6.30. The third kappa shape index (κ3) is 0.952. The Morgan fingerprint density at radius 3 is 2.80 bits per heavy atom. The van der Waals surface area contributed by atoms with Gasteiger partial charge in [0.1, 0.15) is 13.2 Å². The van der Waals surface area contributed by atoms with Gasteiger partial charge in [-0.2, -0.15) is 0 Å². The maximum absolute atomic E-state index is 5.32. The molecule has 2 nitrogen and oxygen atoms in total. The van der Waals surface area contributed by atoms with Crippen LogP contribution in [0, 0.1) is 0 Å². The molecule has 10 heavy (non-hydrogen) atoms. The van der Waals surface area contributed by atoms with Gasteiger partial charge in [0.15, 0.2) is 11.5 Å². The lowest BCUT2D eigenvalue weighted by Gasteiger charge is -2.16. The second-order valence-electron chi connectivity index (χ2n) is 2.02. The van der Waals surface area contributed by atoms with Crippen molar-refractivity contribution in [3.8, 4) is 11.5 Å². The summed E-state index contributed by atoms with van der Waals surface area (Å²) in [5.41, 5.74) is 0. The average molecular weight is 154 g/mol. The molecule has 1 aromatic heterocycles. The van der Waals surface area contributed by atoms with Crippen LogP contribution in [-0.4, -0.2) is 13.2 Å². The van der Waals surface area contributed by atoms with Gasteiger partial charge in [0.05, 0.1) is 0 Å². The van der Waals surface area contributed by atoms with Gasteiger partial charge < -0.3 is 9.47 Å². The van der Waals surface area contributed by atoms with E-state index in [1.165, 1.54) is 8.19 Å². The van der Waals surface area contributed by atoms with Crippen molar-refractivity contribution < 1.29 is 9.47 Å². The Morgan fingerprint density at radius 2 is 2.00 bits per heavy atom. The standard InChI is InChI=1S/C7H7O2P/c1-4-10-5-7-6(1)8-2-3-9-7/h1,4-5H,2-3H2. The predicted molar refractivity (Wildman–Crippen MR) is 39.9 cm³/mol. The van der Waals surface area contributed by atoms with Crippen molar-refractivity contribution in [2.45, 2.75) is 0 Å². The Labute approximate surface area is 60.9 Å². The summed E-state index contributed by atoms with van der Waals surface area (Å²) in [4.78, 5) is 0. The van der Waals surface area contributed by atoms with Crippen molar-refractivity contribution in [3.05, 3.63) is 17.7 Å². The van der Waals surface area contributed by atoms with Gasteiger partial charge in [0.2, 0.25) is 0 Å². The second kappa shape index (κ2) is 2.47. The normalized spacial score (nSPS) is 15.6. The first-order valence-corrected chi connectivity index (χ1v) is 4.20. The van der Waals surface area contributed by atoms with Gasteiger partial charge in [-0.25, -0.2) is 0 Å². The first-order valence-electron chi connectivity index (χ1n) is 3.16. The summed E-state index contributed by atoms with van der Waals surface area (Å²) in [6.45, 7) is 1.35. The zero-order valence-electron chi connectivity index (χ0n) is 5.41. The van der Waals surface area contributed by atoms with Gasteiger partial charge in [-0.1, -0.05) is 8.19 Å². The van der Waals surface area contributed by atoms with Crippen LogP contribution in [0.25, 0.3) is 0 Å². The number of hydrogen-bond acceptors (Lipinski definition) is 2. The highest BCUT2D eigenvalue weighted by atomic mass is 31.0. The van der Waals surface area contributed by atoms with Crippen LogP contribution in [0.1, 0.15) is 0 Å². The molecule has 3 heteroatoms. The maximum atomic E-state index is 5.32. The van der Waals surface area contributed by atoms with Crippen molar-refractivity contribution >= 4 is 8.19 Å². The lowest BCUT2D eigenvalue weighted by Crippen LogP contribution is -2.14. The zero-order chi connectivity index (χ0) is 6.81. The fraction of sp³-hybridized carbons (Fsp3) is 0.286. The van der Waals surface area contributed by atoms with E-state index in [1.807, 2.05) is 17.7 Å². The molecular weight excluding hydrogens is 147 g/mol. The number of ether oxygens (including phenoxy) is 2. The third-order valence-electron chi connectivity index (χ3n) is 1.35. The van der Waals surface area contributed by atoms with E-state index in [1.54, 1.807) is 0 Å². The van der Waals surface area contributed by atoms with Crippen molar-refractivity contribution in [3.63, 3.8) is 0 Å². The smallest absolute Gasteiger partial charge is 0.165 e. The molecule has 0 radical (unpaired) electrons. The summed E-state index contributed by atoms with van der Waals surface area (Å²) in [5, 5.41) is 0. The highest BCUT2D eigenvalue weighted by Gasteiger charge is 2.08. The second-order valence-corrected chi connectivity index (χ2v) is 2.87. The Bertz CT molecular complexity index is 212. The SMILES string of the molecule is c1cc2c(cp1)OCCO2. The van der Waals surface area contributed by atoms with E-state index in [-0.39, 0.29) is 0 Å².